The van der Waals surface area contributed by atoms with Gasteiger partial charge < -0.3 is 10.6 Å². The Morgan fingerprint density at radius 2 is 1.71 bits per heavy atom. The minimum Gasteiger partial charge on any atom is -0.356 e. The van der Waals surface area contributed by atoms with E-state index in [1.165, 1.54) is 38.5 Å². The molecule has 0 bridgehead atoms. The van der Waals surface area contributed by atoms with Crippen LogP contribution in [-0.2, 0) is 4.79 Å². The molecule has 3 nitrogen and oxygen atoms in total. The second-order valence-corrected chi connectivity index (χ2v) is 6.01. The zero-order valence-corrected chi connectivity index (χ0v) is 10.6. The maximum atomic E-state index is 11.9. The number of nitrogens with one attached hydrogen (secondary N) is 2. The van der Waals surface area contributed by atoms with Gasteiger partial charge in [0.1, 0.15) is 0 Å². The summed E-state index contributed by atoms with van der Waals surface area (Å²) in [5, 5.41) is 6.59. The topological polar surface area (TPSA) is 41.1 Å². The molecule has 0 aromatic rings. The van der Waals surface area contributed by atoms with Crippen molar-refractivity contribution >= 4 is 5.91 Å². The highest BCUT2D eigenvalue weighted by molar-refractivity contribution is 5.82. The third-order valence-electron chi connectivity index (χ3n) is 4.62. The summed E-state index contributed by atoms with van der Waals surface area (Å²) in [7, 11) is 0. The van der Waals surface area contributed by atoms with Crippen molar-refractivity contribution < 1.29 is 4.79 Å². The highest BCUT2D eigenvalue weighted by atomic mass is 16.2. The van der Waals surface area contributed by atoms with Gasteiger partial charge in [-0.2, -0.15) is 0 Å². The summed E-state index contributed by atoms with van der Waals surface area (Å²) in [6.07, 6.45) is 9.05. The lowest BCUT2D eigenvalue weighted by Gasteiger charge is -2.05. The van der Waals surface area contributed by atoms with Gasteiger partial charge in [0.25, 0.3) is 0 Å². The molecule has 0 aliphatic heterocycles. The van der Waals surface area contributed by atoms with Gasteiger partial charge in [-0.25, -0.2) is 0 Å². The molecule has 0 aromatic carbocycles. The normalized spacial score (nSPS) is 35.2. The average Bonchev–Trinajstić information content (AvgIpc) is 3.23. The first-order chi connectivity index (χ1) is 8.36. The van der Waals surface area contributed by atoms with Gasteiger partial charge in [-0.05, 0) is 50.5 Å². The number of hydrogen-bond acceptors (Lipinski definition) is 2. The molecule has 2 unspecified atom stereocenters. The fourth-order valence-corrected chi connectivity index (χ4v) is 3.39. The molecule has 0 radical (unpaired) electrons. The lowest BCUT2D eigenvalue weighted by molar-refractivity contribution is -0.122. The zero-order chi connectivity index (χ0) is 11.7. The van der Waals surface area contributed by atoms with Crippen LogP contribution in [0.3, 0.4) is 0 Å². The molecule has 3 aliphatic rings. The SMILES string of the molecule is O=C(NCCCNC1CC1)C1C2CCCCC21. The van der Waals surface area contributed by atoms with E-state index in [-0.39, 0.29) is 0 Å². The van der Waals surface area contributed by atoms with Gasteiger partial charge in [0.05, 0.1) is 0 Å². The van der Waals surface area contributed by atoms with Crippen LogP contribution in [0.1, 0.15) is 44.9 Å². The molecule has 17 heavy (non-hydrogen) atoms. The minimum absolute atomic E-state index is 0.341. The first kappa shape index (κ1) is 11.5. The fraction of sp³-hybridized carbons (Fsp3) is 0.929. The first-order valence-corrected chi connectivity index (χ1v) is 7.37. The fourth-order valence-electron chi connectivity index (χ4n) is 3.39. The van der Waals surface area contributed by atoms with Gasteiger partial charge in [0.2, 0.25) is 5.91 Å². The quantitative estimate of drug-likeness (QED) is 0.689. The van der Waals surface area contributed by atoms with Crippen LogP contribution in [0.2, 0.25) is 0 Å². The van der Waals surface area contributed by atoms with Crippen molar-refractivity contribution in [2.75, 3.05) is 13.1 Å². The van der Waals surface area contributed by atoms with E-state index in [0.717, 1.165) is 37.4 Å². The molecular weight excluding hydrogens is 212 g/mol. The molecular formula is C14H24N2O. The molecule has 0 heterocycles. The van der Waals surface area contributed by atoms with E-state index in [1.807, 2.05) is 0 Å². The van der Waals surface area contributed by atoms with Crippen molar-refractivity contribution in [2.24, 2.45) is 17.8 Å². The summed E-state index contributed by atoms with van der Waals surface area (Å²) in [5.41, 5.74) is 0. The Hall–Kier alpha value is -0.570. The Bertz CT molecular complexity index is 276. The molecule has 3 heteroatoms. The van der Waals surface area contributed by atoms with E-state index in [1.54, 1.807) is 0 Å². The van der Waals surface area contributed by atoms with Gasteiger partial charge in [-0.3, -0.25) is 4.79 Å². The van der Waals surface area contributed by atoms with Crippen LogP contribution in [-0.4, -0.2) is 25.0 Å². The lowest BCUT2D eigenvalue weighted by Crippen LogP contribution is -2.29. The van der Waals surface area contributed by atoms with Gasteiger partial charge in [-0.1, -0.05) is 12.8 Å². The standard InChI is InChI=1S/C14H24N2O/c17-14(13-11-4-1-2-5-12(11)13)16-9-3-8-15-10-6-7-10/h10-13,15H,1-9H2,(H,16,17). The molecule has 3 fully saturated rings. The molecule has 0 saturated heterocycles. The summed E-state index contributed by atoms with van der Waals surface area (Å²) in [4.78, 5) is 11.9. The molecule has 3 rings (SSSR count). The molecule has 1 amide bonds. The minimum atomic E-state index is 0.341. The van der Waals surface area contributed by atoms with Crippen LogP contribution in [0, 0.1) is 17.8 Å². The second-order valence-electron chi connectivity index (χ2n) is 6.01. The number of hydrogen-bond donors (Lipinski definition) is 2. The largest absolute Gasteiger partial charge is 0.356 e. The number of rotatable bonds is 6. The van der Waals surface area contributed by atoms with Gasteiger partial charge in [0, 0.05) is 18.5 Å². The Kier molecular flexibility index (Phi) is 3.37. The summed E-state index contributed by atoms with van der Waals surface area (Å²) in [6, 6.07) is 0.789. The third-order valence-corrected chi connectivity index (χ3v) is 4.62. The smallest absolute Gasteiger partial charge is 0.223 e. The molecule has 2 N–H and O–H groups in total. The third kappa shape index (κ3) is 2.82. The Balaban J connectivity index is 1.28. The summed E-state index contributed by atoms with van der Waals surface area (Å²) < 4.78 is 0. The number of fused-ring (bicyclic) bond motifs is 1. The van der Waals surface area contributed by atoms with Crippen molar-refractivity contribution in [1.82, 2.24) is 10.6 Å². The van der Waals surface area contributed by atoms with E-state index in [0.29, 0.717) is 11.8 Å². The molecule has 2 atom stereocenters. The van der Waals surface area contributed by atoms with Gasteiger partial charge >= 0.3 is 0 Å². The average molecular weight is 236 g/mol. The molecule has 96 valence electrons. The predicted molar refractivity (Wildman–Crippen MR) is 67.6 cm³/mol. The molecule has 0 spiro atoms. The van der Waals surface area contributed by atoms with Crippen molar-refractivity contribution in [3.05, 3.63) is 0 Å². The molecule has 3 aliphatic carbocycles. The van der Waals surface area contributed by atoms with E-state index in [9.17, 15) is 4.79 Å². The molecule has 0 aromatic heterocycles. The van der Waals surface area contributed by atoms with Crippen LogP contribution < -0.4 is 10.6 Å². The summed E-state index contributed by atoms with van der Waals surface area (Å²) in [5.74, 6) is 2.21. The molecule has 3 saturated carbocycles. The van der Waals surface area contributed by atoms with Crippen molar-refractivity contribution in [2.45, 2.75) is 51.0 Å². The first-order valence-electron chi connectivity index (χ1n) is 7.37. The van der Waals surface area contributed by atoms with Crippen LogP contribution in [0.25, 0.3) is 0 Å². The van der Waals surface area contributed by atoms with E-state index < -0.39 is 0 Å². The zero-order valence-electron chi connectivity index (χ0n) is 10.6. The Morgan fingerprint density at radius 3 is 2.35 bits per heavy atom. The lowest BCUT2D eigenvalue weighted by atomic mass is 10.0. The summed E-state index contributed by atoms with van der Waals surface area (Å²) >= 11 is 0. The van der Waals surface area contributed by atoms with Crippen LogP contribution in [0.4, 0.5) is 0 Å². The monoisotopic (exact) mass is 236 g/mol. The van der Waals surface area contributed by atoms with Crippen molar-refractivity contribution in [3.8, 4) is 0 Å². The van der Waals surface area contributed by atoms with Crippen molar-refractivity contribution in [1.29, 1.82) is 0 Å². The van der Waals surface area contributed by atoms with E-state index in [4.69, 9.17) is 0 Å². The number of amides is 1. The highest BCUT2D eigenvalue weighted by Gasteiger charge is 2.54. The Morgan fingerprint density at radius 1 is 1.00 bits per heavy atom. The van der Waals surface area contributed by atoms with E-state index in [2.05, 4.69) is 10.6 Å². The van der Waals surface area contributed by atoms with E-state index >= 15 is 0 Å². The number of carbonyl (C=O) groups is 1. The number of carbonyl (C=O) groups excluding carboxylic acids is 1. The maximum Gasteiger partial charge on any atom is 0.223 e. The second kappa shape index (κ2) is 4.97. The predicted octanol–water partition coefficient (Wildman–Crippen LogP) is 1.68. The van der Waals surface area contributed by atoms with Crippen LogP contribution in [0.5, 0.6) is 0 Å². The van der Waals surface area contributed by atoms with Gasteiger partial charge in [0.15, 0.2) is 0 Å². The van der Waals surface area contributed by atoms with Crippen LogP contribution in [0.15, 0.2) is 0 Å². The maximum absolute atomic E-state index is 11.9. The van der Waals surface area contributed by atoms with Crippen molar-refractivity contribution in [3.63, 3.8) is 0 Å². The summed E-state index contributed by atoms with van der Waals surface area (Å²) in [6.45, 7) is 1.91. The highest BCUT2D eigenvalue weighted by Crippen LogP contribution is 2.55. The Labute approximate surface area is 104 Å². The van der Waals surface area contributed by atoms with Gasteiger partial charge in [-0.15, -0.1) is 0 Å². The van der Waals surface area contributed by atoms with Crippen LogP contribution >= 0.6 is 0 Å².